The number of rotatable bonds is 5. The summed E-state index contributed by atoms with van der Waals surface area (Å²) in [5.74, 6) is 4.29. The molecule has 16 heavy (non-hydrogen) atoms. The summed E-state index contributed by atoms with van der Waals surface area (Å²) in [5, 5.41) is 3.21. The molecule has 92 valence electrons. The van der Waals surface area contributed by atoms with Gasteiger partial charge in [0.1, 0.15) is 5.78 Å². The lowest BCUT2D eigenvalue weighted by atomic mass is 9.84. The van der Waals surface area contributed by atoms with Crippen LogP contribution in [0.5, 0.6) is 0 Å². The van der Waals surface area contributed by atoms with E-state index in [-0.39, 0.29) is 17.6 Å². The second-order valence-electron chi connectivity index (χ2n) is 4.28. The average Bonchev–Trinajstić information content (AvgIpc) is 2.35. The molecule has 0 aromatic carbocycles. The Balaban J connectivity index is 2.61. The van der Waals surface area contributed by atoms with Crippen LogP contribution in [0.1, 0.15) is 32.6 Å². The molecule has 1 saturated heterocycles. The first-order valence-corrected chi connectivity index (χ1v) is 5.95. The van der Waals surface area contributed by atoms with Crippen molar-refractivity contribution in [2.24, 2.45) is 17.7 Å². The Morgan fingerprint density at radius 3 is 2.56 bits per heavy atom. The third-order valence-corrected chi connectivity index (χ3v) is 3.12. The molecule has 1 aliphatic rings. The summed E-state index contributed by atoms with van der Waals surface area (Å²) >= 11 is 0. The first-order chi connectivity index (χ1) is 7.70. The first kappa shape index (κ1) is 13.1. The van der Waals surface area contributed by atoms with Crippen LogP contribution in [0.3, 0.4) is 0 Å². The van der Waals surface area contributed by atoms with Gasteiger partial charge in [0.05, 0.1) is 5.92 Å². The summed E-state index contributed by atoms with van der Waals surface area (Å²) in [6.45, 7) is 3.69. The van der Waals surface area contributed by atoms with E-state index in [1.54, 1.807) is 0 Å². The smallest absolute Gasteiger partial charge is 0.244 e. The van der Waals surface area contributed by atoms with E-state index in [1.807, 2.05) is 6.92 Å². The standard InChI is InChI=1S/C11H21N3O2/c1-2-3-9(11(16)14-12)10(15)8-4-6-13-7-5-8/h8-9,13H,2-7,12H2,1H3,(H,14,16). The van der Waals surface area contributed by atoms with E-state index in [1.165, 1.54) is 0 Å². The van der Waals surface area contributed by atoms with Crippen LogP contribution in [-0.2, 0) is 9.59 Å². The monoisotopic (exact) mass is 227 g/mol. The van der Waals surface area contributed by atoms with Crippen LogP contribution >= 0.6 is 0 Å². The van der Waals surface area contributed by atoms with Gasteiger partial charge in [0.2, 0.25) is 5.91 Å². The van der Waals surface area contributed by atoms with Gasteiger partial charge in [-0.15, -0.1) is 0 Å². The molecule has 1 rings (SSSR count). The average molecular weight is 227 g/mol. The zero-order valence-corrected chi connectivity index (χ0v) is 9.79. The Morgan fingerprint density at radius 2 is 2.06 bits per heavy atom. The van der Waals surface area contributed by atoms with Crippen LogP contribution in [-0.4, -0.2) is 24.8 Å². The Bertz CT molecular complexity index is 250. The van der Waals surface area contributed by atoms with Crippen LogP contribution in [0.2, 0.25) is 0 Å². The van der Waals surface area contributed by atoms with Crippen molar-refractivity contribution in [1.29, 1.82) is 0 Å². The number of carbonyl (C=O) groups excluding carboxylic acids is 2. The van der Waals surface area contributed by atoms with Crippen molar-refractivity contribution >= 4 is 11.7 Å². The van der Waals surface area contributed by atoms with Gasteiger partial charge in [-0.2, -0.15) is 0 Å². The lowest BCUT2D eigenvalue weighted by Gasteiger charge is -2.24. The molecule has 0 aromatic rings. The van der Waals surface area contributed by atoms with E-state index >= 15 is 0 Å². The van der Waals surface area contributed by atoms with E-state index in [0.717, 1.165) is 32.4 Å². The van der Waals surface area contributed by atoms with Crippen molar-refractivity contribution in [2.75, 3.05) is 13.1 Å². The molecule has 5 heteroatoms. The van der Waals surface area contributed by atoms with Gasteiger partial charge in [0.25, 0.3) is 0 Å². The summed E-state index contributed by atoms with van der Waals surface area (Å²) < 4.78 is 0. The molecular weight excluding hydrogens is 206 g/mol. The fourth-order valence-electron chi connectivity index (χ4n) is 2.18. The topological polar surface area (TPSA) is 84.2 Å². The van der Waals surface area contributed by atoms with E-state index < -0.39 is 5.92 Å². The number of carbonyl (C=O) groups is 2. The lowest BCUT2D eigenvalue weighted by Crippen LogP contribution is -2.43. The van der Waals surface area contributed by atoms with Gasteiger partial charge in [-0.25, -0.2) is 5.84 Å². The minimum Gasteiger partial charge on any atom is -0.317 e. The van der Waals surface area contributed by atoms with E-state index in [9.17, 15) is 9.59 Å². The zero-order valence-electron chi connectivity index (χ0n) is 9.79. The van der Waals surface area contributed by atoms with Gasteiger partial charge in [-0.05, 0) is 32.4 Å². The fourth-order valence-corrected chi connectivity index (χ4v) is 2.18. The highest BCUT2D eigenvalue weighted by molar-refractivity contribution is 6.02. The molecular formula is C11H21N3O2. The van der Waals surface area contributed by atoms with Crippen LogP contribution in [0.4, 0.5) is 0 Å². The quantitative estimate of drug-likeness (QED) is 0.266. The molecule has 1 amide bonds. The van der Waals surface area contributed by atoms with Crippen LogP contribution in [0, 0.1) is 11.8 Å². The highest BCUT2D eigenvalue weighted by atomic mass is 16.2. The Labute approximate surface area is 96.1 Å². The number of hydrogen-bond donors (Lipinski definition) is 3. The minimum atomic E-state index is -0.557. The fraction of sp³-hybridized carbons (Fsp3) is 0.818. The molecule has 0 spiro atoms. The van der Waals surface area contributed by atoms with E-state index in [4.69, 9.17) is 5.84 Å². The second kappa shape index (κ2) is 6.60. The maximum Gasteiger partial charge on any atom is 0.244 e. The predicted molar refractivity (Wildman–Crippen MR) is 61.3 cm³/mol. The van der Waals surface area contributed by atoms with Gasteiger partial charge < -0.3 is 5.32 Å². The third-order valence-electron chi connectivity index (χ3n) is 3.12. The van der Waals surface area contributed by atoms with Crippen molar-refractivity contribution in [2.45, 2.75) is 32.6 Å². The maximum absolute atomic E-state index is 12.1. The summed E-state index contributed by atoms with van der Waals surface area (Å²) in [7, 11) is 0. The summed E-state index contributed by atoms with van der Waals surface area (Å²) in [4.78, 5) is 23.7. The summed E-state index contributed by atoms with van der Waals surface area (Å²) in [6, 6.07) is 0. The zero-order chi connectivity index (χ0) is 12.0. The van der Waals surface area contributed by atoms with Crippen LogP contribution in [0.25, 0.3) is 0 Å². The number of piperidine rings is 1. The molecule has 1 atom stereocenters. The number of nitrogens with one attached hydrogen (secondary N) is 2. The van der Waals surface area contributed by atoms with Crippen molar-refractivity contribution < 1.29 is 9.59 Å². The minimum absolute atomic E-state index is 0.0232. The van der Waals surface area contributed by atoms with Crippen molar-refractivity contribution in [3.8, 4) is 0 Å². The maximum atomic E-state index is 12.1. The number of hydrazine groups is 1. The Hall–Kier alpha value is -0.940. The van der Waals surface area contributed by atoms with Gasteiger partial charge in [0.15, 0.2) is 0 Å². The second-order valence-corrected chi connectivity index (χ2v) is 4.28. The van der Waals surface area contributed by atoms with Crippen molar-refractivity contribution in [1.82, 2.24) is 10.7 Å². The molecule has 1 heterocycles. The number of amides is 1. The van der Waals surface area contributed by atoms with E-state index in [2.05, 4.69) is 10.7 Å². The summed E-state index contributed by atoms with van der Waals surface area (Å²) in [5.41, 5.74) is 2.09. The summed E-state index contributed by atoms with van der Waals surface area (Å²) in [6.07, 6.45) is 3.06. The number of nitrogens with two attached hydrogens (primary N) is 1. The molecule has 0 radical (unpaired) electrons. The van der Waals surface area contributed by atoms with Crippen LogP contribution in [0.15, 0.2) is 0 Å². The molecule has 4 N–H and O–H groups in total. The van der Waals surface area contributed by atoms with Crippen molar-refractivity contribution in [3.05, 3.63) is 0 Å². The van der Waals surface area contributed by atoms with Crippen LogP contribution < -0.4 is 16.6 Å². The molecule has 1 aliphatic heterocycles. The first-order valence-electron chi connectivity index (χ1n) is 5.95. The van der Waals surface area contributed by atoms with Gasteiger partial charge >= 0.3 is 0 Å². The molecule has 1 fully saturated rings. The third kappa shape index (κ3) is 3.28. The number of Topliss-reactive ketones (excluding diaryl/α,β-unsaturated/α-hetero) is 1. The molecule has 0 saturated carbocycles. The highest BCUT2D eigenvalue weighted by Gasteiger charge is 2.31. The van der Waals surface area contributed by atoms with Crippen molar-refractivity contribution in [3.63, 3.8) is 0 Å². The van der Waals surface area contributed by atoms with Gasteiger partial charge in [0, 0.05) is 5.92 Å². The lowest BCUT2D eigenvalue weighted by molar-refractivity contribution is -0.137. The largest absolute Gasteiger partial charge is 0.317 e. The molecule has 0 aliphatic carbocycles. The predicted octanol–water partition coefficient (Wildman–Crippen LogP) is -0.0387. The molecule has 5 nitrogen and oxygen atoms in total. The number of ketones is 1. The van der Waals surface area contributed by atoms with Gasteiger partial charge in [-0.3, -0.25) is 15.0 Å². The Kier molecular flexibility index (Phi) is 5.42. The molecule has 0 aromatic heterocycles. The normalized spacial score (nSPS) is 19.1. The SMILES string of the molecule is CCCC(C(=O)NN)C(=O)C1CCNCC1. The van der Waals surface area contributed by atoms with E-state index in [0.29, 0.717) is 6.42 Å². The molecule has 1 unspecified atom stereocenters. The number of hydrogen-bond acceptors (Lipinski definition) is 4. The molecule has 0 bridgehead atoms. The van der Waals surface area contributed by atoms with Gasteiger partial charge in [-0.1, -0.05) is 13.3 Å². The Morgan fingerprint density at radius 1 is 1.44 bits per heavy atom. The highest BCUT2D eigenvalue weighted by Crippen LogP contribution is 2.20.